The average Bonchev–Trinajstić information content (AvgIpc) is 0.751. The zero-order valence-electron chi connectivity index (χ0n) is 65.8. The van der Waals surface area contributed by atoms with Gasteiger partial charge in [0.25, 0.3) is 23.1 Å². The minimum absolute atomic E-state index is 0.0360. The van der Waals surface area contributed by atoms with Gasteiger partial charge in [0.15, 0.2) is 0 Å². The molecule has 1 aliphatic rings. The van der Waals surface area contributed by atoms with Crippen LogP contribution in [0.3, 0.4) is 0 Å². The van der Waals surface area contributed by atoms with Crippen LogP contribution in [-0.4, -0.2) is 75.4 Å². The van der Waals surface area contributed by atoms with Crippen LogP contribution in [0.5, 0.6) is 46.0 Å². The zero-order chi connectivity index (χ0) is 80.2. The summed E-state index contributed by atoms with van der Waals surface area (Å²) in [4.78, 5) is 121. The predicted molar refractivity (Wildman–Crippen MR) is 434 cm³/mol. The molecule has 0 aromatic heterocycles. The van der Waals surface area contributed by atoms with E-state index >= 15 is 38.4 Å². The Morgan fingerprint density at radius 2 is 0.384 bits per heavy atom. The van der Waals surface area contributed by atoms with E-state index in [9.17, 15) is 0 Å². The second-order valence-electron chi connectivity index (χ2n) is 32.8. The van der Waals surface area contributed by atoms with Crippen LogP contribution in [0.15, 0.2) is 194 Å². The molecule has 112 heavy (non-hydrogen) atoms. The SMILES string of the molecule is COc1ccc2cc(C(=O)C(=O)Oc3c4cc(C(C)(C)C)cc3Cc3cc(C(C)(C)C)cc(c3OC(=O)C(=O)c3ccc5cc(OC)ccc5c3)Cc3cc(C(C)(C)C)cc(c3OC(=O)C(=O)c3ccc5cc(OC)ccc5c3)Cc3cc(C(C)(C)C)cc(c3OC(=O)C(=O)c3ccc5cc(OC)ccc5c3)C4)ccc2c1. The number of hydrogen-bond donors (Lipinski definition) is 0. The number of ketones is 4. The summed E-state index contributed by atoms with van der Waals surface area (Å²) in [6.45, 7) is 24.2. The van der Waals surface area contributed by atoms with Crippen molar-refractivity contribution < 1.29 is 76.3 Å². The maximum absolute atomic E-state index is 15.3. The molecule has 13 rings (SSSR count). The number of ether oxygens (including phenoxy) is 8. The lowest BCUT2D eigenvalue weighted by Crippen LogP contribution is -2.25. The molecule has 568 valence electrons. The van der Waals surface area contributed by atoms with Crippen LogP contribution >= 0.6 is 0 Å². The second-order valence-corrected chi connectivity index (χ2v) is 32.8. The Labute approximate surface area is 650 Å². The Morgan fingerprint density at radius 1 is 0.223 bits per heavy atom. The number of hydrogen-bond acceptors (Lipinski definition) is 16. The minimum atomic E-state index is -1.24. The van der Waals surface area contributed by atoms with E-state index in [-0.39, 0.29) is 70.9 Å². The molecule has 12 aromatic rings. The smallest absolute Gasteiger partial charge is 0.385 e. The Bertz CT molecular complexity index is 5110. The Balaban J connectivity index is 1.08. The molecule has 16 nitrogen and oxygen atoms in total. The summed E-state index contributed by atoms with van der Waals surface area (Å²) >= 11 is 0. The summed E-state index contributed by atoms with van der Waals surface area (Å²) in [6.07, 6.45) is -0.828. The molecule has 0 aliphatic heterocycles. The third-order valence-corrected chi connectivity index (χ3v) is 20.7. The van der Waals surface area contributed by atoms with E-state index in [2.05, 4.69) is 0 Å². The van der Waals surface area contributed by atoms with Crippen LogP contribution < -0.4 is 37.9 Å². The van der Waals surface area contributed by atoms with E-state index in [1.54, 1.807) is 150 Å². The van der Waals surface area contributed by atoms with Crippen molar-refractivity contribution in [1.82, 2.24) is 0 Å². The van der Waals surface area contributed by atoms with Gasteiger partial charge in [0, 0.05) is 92.4 Å². The van der Waals surface area contributed by atoms with Crippen LogP contribution in [0, 0.1) is 0 Å². The standard InChI is InChI=1S/C96H88O16/c1-93(2,3)73-41-65-37-67-43-74(94(4,5)6)45-69(86(67)110-90(102)82(98)62-22-18-58-50-78(106-14)30-26-54(58)34-62)39-71-47-76(96(10,11)12)48-72(88(71)112-92(104)84(100)64-24-20-60-52-80(108-16)32-28-56(60)36-64)40-70-46-75(95(7,8)9)44-68(87(70)111-91(103)83(99)63-23-19-59-51-79(107-15)31-27-55(59)35-63)38-66(42-73)85(65)109-89(101)81(97)61-21-17-57-49-77(105-13)29-25-53(57)33-61/h17-36,41-52H,37-40H2,1-16H3. The molecule has 0 saturated heterocycles. The topological polar surface area (TPSA) is 210 Å². The summed E-state index contributed by atoms with van der Waals surface area (Å²) in [5.41, 5.74) is 3.06. The summed E-state index contributed by atoms with van der Waals surface area (Å²) < 4.78 is 48.8. The van der Waals surface area contributed by atoms with Gasteiger partial charge in [0.05, 0.1) is 28.4 Å². The minimum Gasteiger partial charge on any atom is -0.497 e. The maximum atomic E-state index is 15.3. The summed E-state index contributed by atoms with van der Waals surface area (Å²) in [5.74, 6) is -6.69. The number of carbonyl (C=O) groups excluding carboxylic acids is 8. The lowest BCUT2D eigenvalue weighted by Gasteiger charge is -2.28. The van der Waals surface area contributed by atoms with Crippen molar-refractivity contribution in [2.75, 3.05) is 28.4 Å². The summed E-state index contributed by atoms with van der Waals surface area (Å²) in [7, 11) is 6.22. The van der Waals surface area contributed by atoms with E-state index in [0.717, 1.165) is 43.8 Å². The van der Waals surface area contributed by atoms with Crippen LogP contribution in [-0.2, 0) is 66.5 Å². The lowest BCUT2D eigenvalue weighted by molar-refractivity contribution is -0.130. The van der Waals surface area contributed by atoms with Crippen molar-refractivity contribution in [2.45, 2.75) is 130 Å². The van der Waals surface area contributed by atoms with Crippen molar-refractivity contribution >= 4 is 90.1 Å². The van der Waals surface area contributed by atoms with Gasteiger partial charge in [-0.25, -0.2) is 19.2 Å². The quantitative estimate of drug-likeness (QED) is 0.0381. The van der Waals surface area contributed by atoms with Crippen LogP contribution in [0.2, 0.25) is 0 Å². The van der Waals surface area contributed by atoms with Crippen LogP contribution in [0.25, 0.3) is 43.1 Å². The second kappa shape index (κ2) is 30.4. The Morgan fingerprint density at radius 3 is 0.545 bits per heavy atom. The van der Waals surface area contributed by atoms with Gasteiger partial charge in [-0.3, -0.25) is 19.2 Å². The average molecular weight is 1500 g/mol. The largest absolute Gasteiger partial charge is 0.497 e. The molecule has 0 atom stereocenters. The number of methoxy groups -OCH3 is 4. The highest BCUT2D eigenvalue weighted by Gasteiger charge is 2.35. The van der Waals surface area contributed by atoms with Gasteiger partial charge in [-0.05, 0) is 160 Å². The third-order valence-electron chi connectivity index (χ3n) is 20.7. The monoisotopic (exact) mass is 1500 g/mol. The van der Waals surface area contributed by atoms with Crippen molar-refractivity contribution in [3.63, 3.8) is 0 Å². The van der Waals surface area contributed by atoms with Crippen molar-refractivity contribution in [3.8, 4) is 46.0 Å². The highest BCUT2D eigenvalue weighted by Crippen LogP contribution is 2.46. The fourth-order valence-corrected chi connectivity index (χ4v) is 14.1. The number of Topliss-reactive ketones (excluding diaryl/α,β-unsaturated/α-hetero) is 4. The molecule has 12 aromatic carbocycles. The molecule has 16 heteroatoms. The molecule has 1 aliphatic carbocycles. The molecule has 0 heterocycles. The van der Waals surface area contributed by atoms with Crippen LogP contribution in [0.1, 0.15) is 191 Å². The van der Waals surface area contributed by atoms with E-state index < -0.39 is 68.7 Å². The Hall–Kier alpha value is -12.6. The van der Waals surface area contributed by atoms with E-state index in [0.29, 0.717) is 89.1 Å². The highest BCUT2D eigenvalue weighted by molar-refractivity contribution is 6.43. The molecule has 0 N–H and O–H groups in total. The first-order valence-electron chi connectivity index (χ1n) is 37.1. The van der Waals surface area contributed by atoms with Crippen molar-refractivity contribution in [3.05, 3.63) is 283 Å². The first-order valence-corrected chi connectivity index (χ1v) is 37.1. The lowest BCUT2D eigenvalue weighted by atomic mass is 9.79. The highest BCUT2D eigenvalue weighted by atomic mass is 16.6. The molecule has 0 fully saturated rings. The molecule has 0 amide bonds. The molecular weight excluding hydrogens is 1410 g/mol. The number of esters is 4. The summed E-state index contributed by atoms with van der Waals surface area (Å²) in [6, 6.07) is 55.9. The zero-order valence-corrected chi connectivity index (χ0v) is 65.8. The molecule has 0 saturated carbocycles. The number of benzene rings is 12. The van der Waals surface area contributed by atoms with E-state index in [1.165, 1.54) is 0 Å². The number of fused-ring (bicyclic) bond motifs is 12. The van der Waals surface area contributed by atoms with Gasteiger partial charge in [-0.1, -0.05) is 204 Å². The van der Waals surface area contributed by atoms with Gasteiger partial charge < -0.3 is 37.9 Å². The van der Waals surface area contributed by atoms with Crippen molar-refractivity contribution in [2.24, 2.45) is 0 Å². The fraction of sp³-hybridized carbons (Fsp3) is 0.250. The molecule has 0 radical (unpaired) electrons. The predicted octanol–water partition coefficient (Wildman–Crippen LogP) is 19.4. The molecular formula is C96H88O16. The number of rotatable bonds is 16. The molecule has 0 spiro atoms. The normalized spacial score (nSPS) is 12.4. The number of carbonyl (C=O) groups is 8. The third kappa shape index (κ3) is 16.3. The molecule has 0 unspecified atom stereocenters. The molecule has 8 bridgehead atoms. The van der Waals surface area contributed by atoms with E-state index in [1.807, 2.05) is 156 Å². The van der Waals surface area contributed by atoms with Gasteiger partial charge in [0.1, 0.15) is 46.0 Å². The Kier molecular flexibility index (Phi) is 21.0. The van der Waals surface area contributed by atoms with Crippen LogP contribution in [0.4, 0.5) is 0 Å². The van der Waals surface area contributed by atoms with E-state index in [4.69, 9.17) is 37.9 Å². The van der Waals surface area contributed by atoms with Gasteiger partial charge in [0.2, 0.25) is 0 Å². The van der Waals surface area contributed by atoms with Gasteiger partial charge >= 0.3 is 23.9 Å². The van der Waals surface area contributed by atoms with Crippen molar-refractivity contribution in [1.29, 1.82) is 0 Å². The first-order chi connectivity index (χ1) is 53.0. The van der Waals surface area contributed by atoms with Gasteiger partial charge in [-0.15, -0.1) is 0 Å². The fourth-order valence-electron chi connectivity index (χ4n) is 14.1. The maximum Gasteiger partial charge on any atom is 0.385 e. The first kappa shape index (κ1) is 77.6. The summed E-state index contributed by atoms with van der Waals surface area (Å²) in [5, 5.41) is 5.61. The van der Waals surface area contributed by atoms with Gasteiger partial charge in [-0.2, -0.15) is 0 Å².